The van der Waals surface area contributed by atoms with Gasteiger partial charge < -0.3 is 14.8 Å². The zero-order valence-electron chi connectivity index (χ0n) is 14.6. The number of hydrogen-bond acceptors (Lipinski definition) is 7. The largest absolute Gasteiger partial charge is 0.495 e. The second-order valence-electron chi connectivity index (χ2n) is 5.26. The van der Waals surface area contributed by atoms with Gasteiger partial charge in [-0.05, 0) is 36.8 Å². The maximum absolute atomic E-state index is 12.6. The van der Waals surface area contributed by atoms with Crippen molar-refractivity contribution in [2.75, 3.05) is 24.3 Å². The summed E-state index contributed by atoms with van der Waals surface area (Å²) in [4.78, 5) is 23.2. The van der Waals surface area contributed by atoms with Crippen LogP contribution in [0.25, 0.3) is 0 Å². The molecular formula is C16H18N2O6S2. The highest BCUT2D eigenvalue weighted by molar-refractivity contribution is 7.93. The molecule has 0 fully saturated rings. The third-order valence-electron chi connectivity index (χ3n) is 3.32. The summed E-state index contributed by atoms with van der Waals surface area (Å²) in [6, 6.07) is 5.64. The summed E-state index contributed by atoms with van der Waals surface area (Å²) in [6.45, 7) is 2.99. The summed E-state index contributed by atoms with van der Waals surface area (Å²) in [6.07, 6.45) is 0. The summed E-state index contributed by atoms with van der Waals surface area (Å²) in [7, 11) is -1.26. The predicted octanol–water partition coefficient (Wildman–Crippen LogP) is 2.61. The number of ether oxygens (including phenoxy) is 2. The molecule has 1 aromatic carbocycles. The molecule has 0 saturated carbocycles. The lowest BCUT2D eigenvalue weighted by atomic mass is 10.3. The summed E-state index contributed by atoms with van der Waals surface area (Å²) >= 11 is 0.977. The van der Waals surface area contributed by atoms with E-state index in [0.717, 1.165) is 11.3 Å². The van der Waals surface area contributed by atoms with Crippen molar-refractivity contribution in [3.05, 3.63) is 34.7 Å². The maximum atomic E-state index is 12.6. The van der Waals surface area contributed by atoms with E-state index in [2.05, 4.69) is 14.8 Å². The van der Waals surface area contributed by atoms with E-state index < -0.39 is 16.0 Å². The summed E-state index contributed by atoms with van der Waals surface area (Å²) in [5.74, 6) is -0.558. The van der Waals surface area contributed by atoms with Gasteiger partial charge in [-0.15, -0.1) is 11.3 Å². The number of nitrogens with one attached hydrogen (secondary N) is 2. The molecule has 2 aromatic rings. The van der Waals surface area contributed by atoms with E-state index in [1.54, 1.807) is 13.0 Å². The smallest absolute Gasteiger partial charge is 0.348 e. The molecule has 8 nitrogen and oxygen atoms in total. The molecule has 1 amide bonds. The SMILES string of the molecule is COC(=O)c1sc(NS(=O)(=O)c2ccc(OC)c(NC(C)=O)c2)cc1C. The minimum absolute atomic E-state index is 0.0623. The van der Waals surface area contributed by atoms with E-state index in [1.165, 1.54) is 39.3 Å². The Kier molecular flexibility index (Phi) is 5.88. The molecule has 140 valence electrons. The number of carbonyl (C=O) groups is 2. The second-order valence-corrected chi connectivity index (χ2v) is 8.00. The maximum Gasteiger partial charge on any atom is 0.348 e. The monoisotopic (exact) mass is 398 g/mol. The van der Waals surface area contributed by atoms with Crippen molar-refractivity contribution in [3.63, 3.8) is 0 Å². The lowest BCUT2D eigenvalue weighted by Crippen LogP contribution is -2.13. The van der Waals surface area contributed by atoms with Crippen LogP contribution < -0.4 is 14.8 Å². The highest BCUT2D eigenvalue weighted by atomic mass is 32.2. The van der Waals surface area contributed by atoms with E-state index >= 15 is 0 Å². The third-order valence-corrected chi connectivity index (χ3v) is 5.94. The van der Waals surface area contributed by atoms with Gasteiger partial charge in [-0.1, -0.05) is 0 Å². The first-order valence-electron chi connectivity index (χ1n) is 7.35. The summed E-state index contributed by atoms with van der Waals surface area (Å²) in [5, 5.41) is 2.80. The van der Waals surface area contributed by atoms with E-state index in [-0.39, 0.29) is 21.5 Å². The fourth-order valence-corrected chi connectivity index (χ4v) is 4.46. The Balaban J connectivity index is 2.36. The average molecular weight is 398 g/mol. The van der Waals surface area contributed by atoms with Crippen molar-refractivity contribution < 1.29 is 27.5 Å². The number of thiophene rings is 1. The molecule has 0 unspecified atom stereocenters. The minimum atomic E-state index is -3.93. The standard InChI is InChI=1S/C16H18N2O6S2/c1-9-7-14(25-15(9)16(20)24-4)18-26(21,22)11-5-6-13(23-3)12(8-11)17-10(2)19/h5-8,18H,1-4H3,(H,17,19). The molecule has 0 bridgehead atoms. The number of anilines is 2. The van der Waals surface area contributed by atoms with Crippen molar-refractivity contribution in [1.82, 2.24) is 0 Å². The Morgan fingerprint density at radius 3 is 2.42 bits per heavy atom. The molecule has 0 atom stereocenters. The van der Waals surface area contributed by atoms with Crippen LogP contribution in [0.5, 0.6) is 5.75 Å². The molecule has 1 heterocycles. The number of rotatable bonds is 6. The lowest BCUT2D eigenvalue weighted by molar-refractivity contribution is -0.114. The van der Waals surface area contributed by atoms with Crippen LogP contribution in [0.3, 0.4) is 0 Å². The first-order chi connectivity index (χ1) is 12.2. The number of aryl methyl sites for hydroxylation is 1. The van der Waals surface area contributed by atoms with Gasteiger partial charge in [0.05, 0.1) is 24.8 Å². The highest BCUT2D eigenvalue weighted by Gasteiger charge is 2.20. The van der Waals surface area contributed by atoms with E-state index in [1.807, 2.05) is 0 Å². The number of benzene rings is 1. The third kappa shape index (κ3) is 4.33. The molecule has 1 aromatic heterocycles. The van der Waals surface area contributed by atoms with Crippen molar-refractivity contribution >= 4 is 43.9 Å². The van der Waals surface area contributed by atoms with Crippen LogP contribution >= 0.6 is 11.3 Å². The van der Waals surface area contributed by atoms with Gasteiger partial charge in [0, 0.05) is 6.92 Å². The molecule has 0 aliphatic heterocycles. The van der Waals surface area contributed by atoms with Crippen LogP contribution in [-0.4, -0.2) is 34.5 Å². The topological polar surface area (TPSA) is 111 Å². The van der Waals surface area contributed by atoms with Crippen LogP contribution in [0, 0.1) is 6.92 Å². The minimum Gasteiger partial charge on any atom is -0.495 e. The first kappa shape index (κ1) is 19.7. The molecule has 0 aliphatic rings. The summed E-state index contributed by atoms with van der Waals surface area (Å²) in [5.41, 5.74) is 0.841. The van der Waals surface area contributed by atoms with Gasteiger partial charge >= 0.3 is 5.97 Å². The molecule has 0 radical (unpaired) electrons. The Labute approximate surface area is 155 Å². The van der Waals surface area contributed by atoms with Crippen molar-refractivity contribution in [2.24, 2.45) is 0 Å². The van der Waals surface area contributed by atoms with Crippen molar-refractivity contribution in [1.29, 1.82) is 0 Å². The van der Waals surface area contributed by atoms with Gasteiger partial charge in [-0.3, -0.25) is 9.52 Å². The quantitative estimate of drug-likeness (QED) is 0.724. The van der Waals surface area contributed by atoms with Crippen LogP contribution in [0.4, 0.5) is 10.7 Å². The van der Waals surface area contributed by atoms with Gasteiger partial charge in [-0.25, -0.2) is 13.2 Å². The highest BCUT2D eigenvalue weighted by Crippen LogP contribution is 2.31. The zero-order chi connectivity index (χ0) is 19.5. The van der Waals surface area contributed by atoms with E-state index in [4.69, 9.17) is 4.74 Å². The van der Waals surface area contributed by atoms with E-state index in [0.29, 0.717) is 16.2 Å². The Morgan fingerprint density at radius 2 is 1.85 bits per heavy atom. The van der Waals surface area contributed by atoms with Gasteiger partial charge in [0.25, 0.3) is 10.0 Å². The molecule has 10 heteroatoms. The first-order valence-corrected chi connectivity index (χ1v) is 9.65. The van der Waals surface area contributed by atoms with Gasteiger partial charge in [0.1, 0.15) is 15.6 Å². The molecular weight excluding hydrogens is 380 g/mol. The second kappa shape index (κ2) is 7.75. The Morgan fingerprint density at radius 1 is 1.15 bits per heavy atom. The van der Waals surface area contributed by atoms with Crippen LogP contribution in [0.15, 0.2) is 29.2 Å². The number of hydrogen-bond donors (Lipinski definition) is 2. The van der Waals surface area contributed by atoms with Gasteiger partial charge in [-0.2, -0.15) is 0 Å². The van der Waals surface area contributed by atoms with Crippen molar-refractivity contribution in [2.45, 2.75) is 18.7 Å². The summed E-state index contributed by atoms with van der Waals surface area (Å²) < 4.78 is 37.4. The predicted molar refractivity (Wildman–Crippen MR) is 98.5 cm³/mol. The number of methoxy groups -OCH3 is 2. The molecule has 0 saturated heterocycles. The van der Waals surface area contributed by atoms with Crippen molar-refractivity contribution in [3.8, 4) is 5.75 Å². The van der Waals surface area contributed by atoms with E-state index in [9.17, 15) is 18.0 Å². The average Bonchev–Trinajstić information content (AvgIpc) is 2.93. The molecule has 0 spiro atoms. The zero-order valence-corrected chi connectivity index (χ0v) is 16.2. The number of carbonyl (C=O) groups excluding carboxylic acids is 2. The Hall–Kier alpha value is -2.59. The van der Waals surface area contributed by atoms with Gasteiger partial charge in [0.2, 0.25) is 5.91 Å². The van der Waals surface area contributed by atoms with Gasteiger partial charge in [0.15, 0.2) is 0 Å². The number of esters is 1. The molecule has 2 rings (SSSR count). The lowest BCUT2D eigenvalue weighted by Gasteiger charge is -2.12. The van der Waals surface area contributed by atoms with Crippen LogP contribution in [0.1, 0.15) is 22.2 Å². The number of sulfonamides is 1. The fourth-order valence-electron chi connectivity index (χ4n) is 2.16. The Bertz CT molecular complexity index is 950. The number of amides is 1. The molecule has 0 aliphatic carbocycles. The molecule has 26 heavy (non-hydrogen) atoms. The van der Waals surface area contributed by atoms with Crippen LogP contribution in [0.2, 0.25) is 0 Å². The fraction of sp³-hybridized carbons (Fsp3) is 0.250. The normalized spacial score (nSPS) is 10.9. The molecule has 2 N–H and O–H groups in total. The van der Waals surface area contributed by atoms with Crippen LogP contribution in [-0.2, 0) is 19.6 Å².